The minimum absolute atomic E-state index is 0.0518. The third kappa shape index (κ3) is 4.58. The summed E-state index contributed by atoms with van der Waals surface area (Å²) in [4.78, 5) is 13.3. The molecule has 5 nitrogen and oxygen atoms in total. The van der Waals surface area contributed by atoms with Gasteiger partial charge in [0.2, 0.25) is 5.91 Å². The van der Waals surface area contributed by atoms with Gasteiger partial charge in [-0.15, -0.1) is 21.5 Å². The molecule has 1 amide bonds. The van der Waals surface area contributed by atoms with Crippen molar-refractivity contribution >= 4 is 57.3 Å². The normalized spacial score (nSPS) is 10.8. The van der Waals surface area contributed by atoms with Crippen molar-refractivity contribution in [2.24, 2.45) is 7.05 Å². The van der Waals surface area contributed by atoms with Gasteiger partial charge in [-0.2, -0.15) is 0 Å². The zero-order chi connectivity index (χ0) is 16.9. The molecule has 2 aromatic heterocycles. The van der Waals surface area contributed by atoms with E-state index in [0.29, 0.717) is 5.75 Å². The van der Waals surface area contributed by atoms with Crippen LogP contribution in [0.15, 0.2) is 46.9 Å². The minimum Gasteiger partial charge on any atom is -0.325 e. The molecule has 0 fully saturated rings. The van der Waals surface area contributed by atoms with Crippen LogP contribution in [0.4, 0.5) is 5.69 Å². The van der Waals surface area contributed by atoms with Crippen molar-refractivity contribution in [1.82, 2.24) is 14.8 Å². The van der Waals surface area contributed by atoms with E-state index in [2.05, 4.69) is 49.6 Å². The highest BCUT2D eigenvalue weighted by atomic mass is 127. The van der Waals surface area contributed by atoms with Gasteiger partial charge in [0.1, 0.15) is 5.82 Å². The molecular formula is C16H15IN4OS2. The van der Waals surface area contributed by atoms with E-state index in [1.165, 1.54) is 16.6 Å². The molecule has 2 heterocycles. The molecule has 1 aromatic carbocycles. The van der Waals surface area contributed by atoms with Crippen molar-refractivity contribution in [1.29, 1.82) is 0 Å². The van der Waals surface area contributed by atoms with Crippen LogP contribution in [0.1, 0.15) is 10.7 Å². The van der Waals surface area contributed by atoms with E-state index in [-0.39, 0.29) is 5.91 Å². The minimum atomic E-state index is -0.0518. The Kier molecular flexibility index (Phi) is 5.90. The van der Waals surface area contributed by atoms with Crippen LogP contribution >= 0.6 is 45.7 Å². The van der Waals surface area contributed by atoms with Gasteiger partial charge in [0, 0.05) is 27.6 Å². The summed E-state index contributed by atoms with van der Waals surface area (Å²) >= 11 is 5.33. The van der Waals surface area contributed by atoms with E-state index < -0.39 is 0 Å². The first kappa shape index (κ1) is 17.4. The van der Waals surface area contributed by atoms with Gasteiger partial charge in [0.25, 0.3) is 0 Å². The Hall–Kier alpha value is -1.39. The van der Waals surface area contributed by atoms with Crippen LogP contribution in [0.3, 0.4) is 0 Å². The smallest absolute Gasteiger partial charge is 0.234 e. The van der Waals surface area contributed by atoms with E-state index in [9.17, 15) is 4.79 Å². The van der Waals surface area contributed by atoms with E-state index in [0.717, 1.165) is 26.7 Å². The Morgan fingerprint density at radius 2 is 2.08 bits per heavy atom. The maximum Gasteiger partial charge on any atom is 0.234 e. The summed E-state index contributed by atoms with van der Waals surface area (Å²) in [5.74, 6) is 1.15. The lowest BCUT2D eigenvalue weighted by Gasteiger charge is -2.05. The molecule has 0 aliphatic heterocycles. The van der Waals surface area contributed by atoms with Gasteiger partial charge in [0.15, 0.2) is 5.16 Å². The van der Waals surface area contributed by atoms with Crippen molar-refractivity contribution in [2.45, 2.75) is 11.6 Å². The highest BCUT2D eigenvalue weighted by Gasteiger charge is 2.12. The summed E-state index contributed by atoms with van der Waals surface area (Å²) in [6, 6.07) is 11.8. The van der Waals surface area contributed by atoms with E-state index in [1.54, 1.807) is 11.3 Å². The first-order chi connectivity index (χ1) is 11.6. The number of aromatic nitrogens is 3. The van der Waals surface area contributed by atoms with Gasteiger partial charge in [-0.05, 0) is 58.3 Å². The lowest BCUT2D eigenvalue weighted by Crippen LogP contribution is -2.14. The number of anilines is 1. The molecule has 0 spiro atoms. The number of nitrogens with zero attached hydrogens (tertiary/aromatic N) is 3. The number of amides is 1. The van der Waals surface area contributed by atoms with Crippen molar-refractivity contribution in [3.8, 4) is 0 Å². The van der Waals surface area contributed by atoms with Gasteiger partial charge in [-0.1, -0.05) is 17.8 Å². The van der Waals surface area contributed by atoms with Gasteiger partial charge >= 0.3 is 0 Å². The predicted octanol–water partition coefficient (Wildman–Crippen LogP) is 3.80. The summed E-state index contributed by atoms with van der Waals surface area (Å²) in [6.45, 7) is 0. The molecule has 0 saturated heterocycles. The van der Waals surface area contributed by atoms with Crippen molar-refractivity contribution in [3.05, 3.63) is 56.0 Å². The molecule has 1 N–H and O–H groups in total. The number of carbonyl (C=O) groups excluding carboxylic acids is 1. The Labute approximate surface area is 162 Å². The first-order valence-electron chi connectivity index (χ1n) is 7.20. The zero-order valence-corrected chi connectivity index (χ0v) is 16.7. The number of nitrogens with one attached hydrogen (secondary N) is 1. The summed E-state index contributed by atoms with van der Waals surface area (Å²) in [5, 5.41) is 14.1. The second-order valence-electron chi connectivity index (χ2n) is 5.06. The molecule has 3 rings (SSSR count). The molecule has 0 atom stereocenters. The fraction of sp³-hybridized carbons (Fsp3) is 0.188. The van der Waals surface area contributed by atoms with Gasteiger partial charge in [-0.25, -0.2) is 0 Å². The third-order valence-electron chi connectivity index (χ3n) is 3.30. The second kappa shape index (κ2) is 8.13. The molecule has 0 saturated carbocycles. The Morgan fingerprint density at radius 3 is 2.79 bits per heavy atom. The van der Waals surface area contributed by atoms with Crippen LogP contribution in [0.2, 0.25) is 0 Å². The highest BCUT2D eigenvalue weighted by molar-refractivity contribution is 14.1. The SMILES string of the molecule is Cn1c(Cc2cccs2)nnc1SCC(=O)Nc1ccc(I)cc1. The largest absolute Gasteiger partial charge is 0.325 e. The fourth-order valence-electron chi connectivity index (χ4n) is 2.05. The van der Waals surface area contributed by atoms with Gasteiger partial charge in [0.05, 0.1) is 5.75 Å². The van der Waals surface area contributed by atoms with E-state index in [4.69, 9.17) is 0 Å². The van der Waals surface area contributed by atoms with Gasteiger partial charge < -0.3 is 9.88 Å². The van der Waals surface area contributed by atoms with Crippen LogP contribution in [-0.2, 0) is 18.3 Å². The zero-order valence-electron chi connectivity index (χ0n) is 12.9. The lowest BCUT2D eigenvalue weighted by molar-refractivity contribution is -0.113. The van der Waals surface area contributed by atoms with Crippen LogP contribution in [-0.4, -0.2) is 26.4 Å². The van der Waals surface area contributed by atoms with Crippen molar-refractivity contribution in [3.63, 3.8) is 0 Å². The Morgan fingerprint density at radius 1 is 1.29 bits per heavy atom. The molecule has 0 aliphatic rings. The molecule has 8 heteroatoms. The molecule has 3 aromatic rings. The number of rotatable bonds is 6. The number of benzene rings is 1. The van der Waals surface area contributed by atoms with Crippen LogP contribution in [0.25, 0.3) is 0 Å². The highest BCUT2D eigenvalue weighted by Crippen LogP contribution is 2.19. The molecule has 24 heavy (non-hydrogen) atoms. The molecule has 0 bridgehead atoms. The fourth-order valence-corrected chi connectivity index (χ4v) is 3.85. The summed E-state index contributed by atoms with van der Waals surface area (Å²) < 4.78 is 3.08. The average Bonchev–Trinajstić information content (AvgIpc) is 3.19. The quantitative estimate of drug-likeness (QED) is 0.440. The number of thiophene rings is 1. The Balaban J connectivity index is 1.55. The maximum atomic E-state index is 12.1. The second-order valence-corrected chi connectivity index (χ2v) is 8.28. The lowest BCUT2D eigenvalue weighted by atomic mass is 10.3. The van der Waals surface area contributed by atoms with E-state index >= 15 is 0 Å². The number of thioether (sulfide) groups is 1. The van der Waals surface area contributed by atoms with Gasteiger partial charge in [-0.3, -0.25) is 4.79 Å². The van der Waals surface area contributed by atoms with Crippen LogP contribution < -0.4 is 5.32 Å². The van der Waals surface area contributed by atoms with Crippen molar-refractivity contribution < 1.29 is 4.79 Å². The number of hydrogen-bond donors (Lipinski definition) is 1. The predicted molar refractivity (Wildman–Crippen MR) is 107 cm³/mol. The maximum absolute atomic E-state index is 12.1. The molecule has 124 valence electrons. The monoisotopic (exact) mass is 470 g/mol. The van der Waals surface area contributed by atoms with E-state index in [1.807, 2.05) is 41.9 Å². The van der Waals surface area contributed by atoms with Crippen molar-refractivity contribution in [2.75, 3.05) is 11.1 Å². The van der Waals surface area contributed by atoms with Crippen LogP contribution in [0.5, 0.6) is 0 Å². The Bertz CT molecular complexity index is 815. The number of hydrogen-bond acceptors (Lipinski definition) is 5. The number of carbonyl (C=O) groups is 1. The number of halogens is 1. The third-order valence-corrected chi connectivity index (χ3v) is 5.91. The molecule has 0 unspecified atom stereocenters. The summed E-state index contributed by atoms with van der Waals surface area (Å²) in [6.07, 6.45) is 0.760. The van der Waals surface area contributed by atoms with Crippen LogP contribution in [0, 0.1) is 3.57 Å². The molecule has 0 aliphatic carbocycles. The topological polar surface area (TPSA) is 59.8 Å². The first-order valence-corrected chi connectivity index (χ1v) is 10.1. The summed E-state index contributed by atoms with van der Waals surface area (Å²) in [5.41, 5.74) is 0.803. The summed E-state index contributed by atoms with van der Waals surface area (Å²) in [7, 11) is 1.93. The average molecular weight is 470 g/mol. The molecular weight excluding hydrogens is 455 g/mol. The standard InChI is InChI=1S/C16H15IN4OS2/c1-21-14(9-13-3-2-8-23-13)19-20-16(21)24-10-15(22)18-12-6-4-11(17)5-7-12/h2-8H,9-10H2,1H3,(H,18,22). The molecule has 0 radical (unpaired) electrons.